The highest BCUT2D eigenvalue weighted by Crippen LogP contribution is 2.22. The van der Waals surface area contributed by atoms with E-state index in [1.807, 2.05) is 38.1 Å². The molecule has 3 aromatic rings. The minimum Gasteiger partial charge on any atom is -0.355 e. The van der Waals surface area contributed by atoms with Crippen LogP contribution in [-0.2, 0) is 11.2 Å². The summed E-state index contributed by atoms with van der Waals surface area (Å²) < 4.78 is 1.30. The molecule has 7 heteroatoms. The van der Waals surface area contributed by atoms with Gasteiger partial charge >= 0.3 is 0 Å². The van der Waals surface area contributed by atoms with Crippen molar-refractivity contribution < 1.29 is 4.79 Å². The van der Waals surface area contributed by atoms with Crippen LogP contribution in [0.1, 0.15) is 24.5 Å². The fourth-order valence-corrected chi connectivity index (χ4v) is 3.89. The van der Waals surface area contributed by atoms with Crippen LogP contribution in [0.2, 0.25) is 5.02 Å². The molecule has 5 nitrogen and oxygen atoms in total. The van der Waals surface area contributed by atoms with E-state index < -0.39 is 0 Å². The fraction of sp³-hybridized carbons (Fsp3) is 0.261. The van der Waals surface area contributed by atoms with Gasteiger partial charge in [0.15, 0.2) is 0 Å². The molecule has 1 aromatic heterocycles. The predicted octanol–water partition coefficient (Wildman–Crippen LogP) is 4.42. The van der Waals surface area contributed by atoms with Crippen molar-refractivity contribution in [3.8, 4) is 5.69 Å². The van der Waals surface area contributed by atoms with E-state index in [4.69, 9.17) is 11.6 Å². The first-order valence-electron chi connectivity index (χ1n) is 9.79. The van der Waals surface area contributed by atoms with E-state index in [-0.39, 0.29) is 16.7 Å². The van der Waals surface area contributed by atoms with Crippen LogP contribution in [0.4, 0.5) is 0 Å². The van der Waals surface area contributed by atoms with Gasteiger partial charge < -0.3 is 5.32 Å². The van der Waals surface area contributed by atoms with Crippen LogP contribution >= 0.6 is 23.4 Å². The maximum absolute atomic E-state index is 12.4. The quantitative estimate of drug-likeness (QED) is 0.415. The molecule has 0 aliphatic heterocycles. The van der Waals surface area contributed by atoms with Crippen molar-refractivity contribution in [3.05, 3.63) is 87.2 Å². The Labute approximate surface area is 185 Å². The molecule has 0 fully saturated rings. The van der Waals surface area contributed by atoms with E-state index in [1.54, 1.807) is 18.2 Å². The molecule has 156 valence electrons. The average Bonchev–Trinajstić information content (AvgIpc) is 2.75. The summed E-state index contributed by atoms with van der Waals surface area (Å²) in [4.78, 5) is 24.7. The number of carbonyl (C=O) groups is 1. The number of aryl methyl sites for hydroxylation is 2. The zero-order chi connectivity index (χ0) is 21.5. The summed E-state index contributed by atoms with van der Waals surface area (Å²) in [6, 6.07) is 18.6. The lowest BCUT2D eigenvalue weighted by Crippen LogP contribution is -2.32. The monoisotopic (exact) mass is 441 g/mol. The number of hydrogen-bond acceptors (Lipinski definition) is 4. The van der Waals surface area contributed by atoms with Gasteiger partial charge in [0.2, 0.25) is 5.91 Å². The van der Waals surface area contributed by atoms with Gasteiger partial charge in [-0.15, -0.1) is 0 Å². The van der Waals surface area contributed by atoms with E-state index >= 15 is 0 Å². The van der Waals surface area contributed by atoms with Gasteiger partial charge in [0.1, 0.15) is 5.03 Å². The third-order valence-corrected chi connectivity index (χ3v) is 6.06. The minimum atomic E-state index is -0.332. The van der Waals surface area contributed by atoms with Crippen molar-refractivity contribution in [1.82, 2.24) is 15.1 Å². The van der Waals surface area contributed by atoms with E-state index in [0.717, 1.165) is 18.4 Å². The third kappa shape index (κ3) is 5.97. The molecule has 0 spiro atoms. The van der Waals surface area contributed by atoms with Crippen molar-refractivity contribution in [1.29, 1.82) is 0 Å². The van der Waals surface area contributed by atoms with Crippen LogP contribution in [-0.4, -0.2) is 27.5 Å². The largest absolute Gasteiger partial charge is 0.355 e. The zero-order valence-electron chi connectivity index (χ0n) is 17.0. The first-order chi connectivity index (χ1) is 14.4. The number of carbonyl (C=O) groups excluding carboxylic acids is 1. The Balaban J connectivity index is 1.58. The maximum Gasteiger partial charge on any atom is 0.271 e. The molecular weight excluding hydrogens is 418 g/mol. The number of amides is 1. The summed E-state index contributed by atoms with van der Waals surface area (Å²) in [5.41, 5.74) is 2.53. The molecule has 30 heavy (non-hydrogen) atoms. The normalized spacial score (nSPS) is 11.8. The summed E-state index contributed by atoms with van der Waals surface area (Å²) in [6.07, 6.45) is 1.80. The van der Waals surface area contributed by atoms with Gasteiger partial charge in [-0.25, -0.2) is 0 Å². The van der Waals surface area contributed by atoms with E-state index in [0.29, 0.717) is 22.3 Å². The SMILES string of the molecule is Cc1ccc(-n2nc(S[C@@H](C)C(=O)NCCCc3ccccc3)ccc2=O)cc1Cl. The Bertz CT molecular complexity index is 1070. The van der Waals surface area contributed by atoms with Gasteiger partial charge in [0, 0.05) is 17.6 Å². The number of benzene rings is 2. The number of hydrogen-bond donors (Lipinski definition) is 1. The van der Waals surface area contributed by atoms with Gasteiger partial charge in [-0.2, -0.15) is 9.78 Å². The van der Waals surface area contributed by atoms with Gasteiger partial charge in [-0.1, -0.05) is 59.8 Å². The number of nitrogens with zero attached hydrogens (tertiary/aromatic N) is 2. The first-order valence-corrected chi connectivity index (χ1v) is 11.0. The lowest BCUT2D eigenvalue weighted by molar-refractivity contribution is -0.120. The molecule has 3 rings (SSSR count). The Morgan fingerprint density at radius 1 is 1.17 bits per heavy atom. The summed E-state index contributed by atoms with van der Waals surface area (Å²) in [5.74, 6) is -0.0500. The number of aromatic nitrogens is 2. The molecule has 1 amide bonds. The molecule has 0 radical (unpaired) electrons. The van der Waals surface area contributed by atoms with Crippen molar-refractivity contribution in [3.63, 3.8) is 0 Å². The molecule has 1 heterocycles. The molecule has 0 aliphatic rings. The smallest absolute Gasteiger partial charge is 0.271 e. The predicted molar refractivity (Wildman–Crippen MR) is 123 cm³/mol. The fourth-order valence-electron chi connectivity index (χ4n) is 2.88. The zero-order valence-corrected chi connectivity index (χ0v) is 18.5. The van der Waals surface area contributed by atoms with Crippen LogP contribution in [0, 0.1) is 6.92 Å². The molecule has 0 saturated heterocycles. The Hall–Kier alpha value is -2.57. The highest BCUT2D eigenvalue weighted by molar-refractivity contribution is 8.00. The minimum absolute atomic E-state index is 0.0500. The van der Waals surface area contributed by atoms with Crippen LogP contribution in [0.3, 0.4) is 0 Å². The molecule has 1 atom stereocenters. The summed E-state index contributed by atoms with van der Waals surface area (Å²) in [7, 11) is 0. The average molecular weight is 442 g/mol. The van der Waals surface area contributed by atoms with Gasteiger partial charge in [-0.05, 0) is 56.0 Å². The van der Waals surface area contributed by atoms with Crippen LogP contribution in [0.15, 0.2) is 70.5 Å². The highest BCUT2D eigenvalue weighted by atomic mass is 35.5. The maximum atomic E-state index is 12.4. The molecule has 0 saturated carbocycles. The molecule has 2 aromatic carbocycles. The molecular formula is C23H24ClN3O2S. The second-order valence-electron chi connectivity index (χ2n) is 7.00. The van der Waals surface area contributed by atoms with Crippen molar-refractivity contribution >= 4 is 29.3 Å². The van der Waals surface area contributed by atoms with Crippen molar-refractivity contribution in [2.24, 2.45) is 0 Å². The first kappa shape index (κ1) is 22.1. The summed E-state index contributed by atoms with van der Waals surface area (Å²) in [5, 5.41) is 8.21. The molecule has 1 N–H and O–H groups in total. The van der Waals surface area contributed by atoms with Gasteiger partial charge in [0.05, 0.1) is 10.9 Å². The van der Waals surface area contributed by atoms with E-state index in [9.17, 15) is 9.59 Å². The van der Waals surface area contributed by atoms with Gasteiger partial charge in [-0.3, -0.25) is 9.59 Å². The van der Waals surface area contributed by atoms with E-state index in [2.05, 4.69) is 22.5 Å². The second-order valence-corrected chi connectivity index (χ2v) is 8.76. The summed E-state index contributed by atoms with van der Waals surface area (Å²) >= 11 is 7.50. The Morgan fingerprint density at radius 3 is 2.67 bits per heavy atom. The lowest BCUT2D eigenvalue weighted by atomic mass is 10.1. The number of thioether (sulfide) groups is 1. The summed E-state index contributed by atoms with van der Waals surface area (Å²) in [6.45, 7) is 4.35. The van der Waals surface area contributed by atoms with Crippen LogP contribution in [0.25, 0.3) is 5.69 Å². The number of rotatable bonds is 8. The van der Waals surface area contributed by atoms with Crippen molar-refractivity contribution in [2.45, 2.75) is 37.0 Å². The van der Waals surface area contributed by atoms with Crippen LogP contribution < -0.4 is 10.9 Å². The topological polar surface area (TPSA) is 64.0 Å². The number of halogens is 1. The third-order valence-electron chi connectivity index (χ3n) is 4.63. The molecule has 0 aliphatic carbocycles. The number of nitrogens with one attached hydrogen (secondary N) is 1. The Morgan fingerprint density at radius 2 is 1.93 bits per heavy atom. The lowest BCUT2D eigenvalue weighted by Gasteiger charge is -2.13. The van der Waals surface area contributed by atoms with Crippen molar-refractivity contribution in [2.75, 3.05) is 6.54 Å². The molecule has 0 bridgehead atoms. The Kier molecular flexibility index (Phi) is 7.71. The van der Waals surface area contributed by atoms with Crippen LogP contribution in [0.5, 0.6) is 0 Å². The standard InChI is InChI=1S/C23H24ClN3O2S/c1-16-10-11-19(15-20(16)24)27-22(28)13-12-21(26-27)30-17(2)23(29)25-14-6-9-18-7-4-3-5-8-18/h3-5,7-8,10-13,15,17H,6,9,14H2,1-2H3,(H,25,29)/t17-/m0/s1. The van der Waals surface area contributed by atoms with Gasteiger partial charge in [0.25, 0.3) is 5.56 Å². The molecule has 0 unspecified atom stereocenters. The van der Waals surface area contributed by atoms with E-state index in [1.165, 1.54) is 28.1 Å². The second kappa shape index (κ2) is 10.5. The highest BCUT2D eigenvalue weighted by Gasteiger charge is 2.16.